The van der Waals surface area contributed by atoms with Crippen molar-refractivity contribution < 1.29 is 9.53 Å². The number of thioether (sulfide) groups is 1. The summed E-state index contributed by atoms with van der Waals surface area (Å²) in [5.74, 6) is 1.88. The lowest BCUT2D eigenvalue weighted by molar-refractivity contribution is -0.113. The zero-order valence-corrected chi connectivity index (χ0v) is 21.0. The van der Waals surface area contributed by atoms with Crippen molar-refractivity contribution in [3.8, 4) is 5.75 Å². The summed E-state index contributed by atoms with van der Waals surface area (Å²) in [5, 5.41) is 12.4. The largest absolute Gasteiger partial charge is 0.486 e. The van der Waals surface area contributed by atoms with Gasteiger partial charge in [-0.3, -0.25) is 9.36 Å². The molecule has 0 atom stereocenters. The van der Waals surface area contributed by atoms with E-state index >= 15 is 0 Å². The van der Waals surface area contributed by atoms with E-state index in [1.54, 1.807) is 18.2 Å². The molecule has 1 N–H and O–H groups in total. The predicted molar refractivity (Wildman–Crippen MR) is 134 cm³/mol. The smallest absolute Gasteiger partial charge is 0.234 e. The molecule has 0 aliphatic heterocycles. The summed E-state index contributed by atoms with van der Waals surface area (Å²) in [6.45, 7) is 8.89. The molecule has 0 unspecified atom stereocenters. The van der Waals surface area contributed by atoms with Gasteiger partial charge in [0.1, 0.15) is 12.4 Å². The maximum Gasteiger partial charge on any atom is 0.234 e. The summed E-state index contributed by atoms with van der Waals surface area (Å²) in [6.07, 6.45) is 1.76. The third kappa shape index (κ3) is 6.60. The van der Waals surface area contributed by atoms with Crippen molar-refractivity contribution >= 4 is 50.9 Å². The minimum absolute atomic E-state index is 0.166. The Labute approximate surface area is 205 Å². The van der Waals surface area contributed by atoms with Crippen LogP contribution in [0.4, 0.5) is 5.69 Å². The molecule has 0 spiro atoms. The fourth-order valence-corrected chi connectivity index (χ4v) is 4.34. The van der Waals surface area contributed by atoms with Gasteiger partial charge in [0, 0.05) is 11.0 Å². The van der Waals surface area contributed by atoms with Gasteiger partial charge >= 0.3 is 0 Å². The van der Waals surface area contributed by atoms with E-state index < -0.39 is 0 Å². The van der Waals surface area contributed by atoms with E-state index in [4.69, 9.17) is 16.3 Å². The number of hydrogen-bond acceptors (Lipinski definition) is 5. The van der Waals surface area contributed by atoms with E-state index in [2.05, 4.69) is 64.0 Å². The van der Waals surface area contributed by atoms with Crippen LogP contribution in [0.15, 0.2) is 64.7 Å². The first-order valence-electron chi connectivity index (χ1n) is 10.0. The highest BCUT2D eigenvalue weighted by molar-refractivity contribution is 9.10. The van der Waals surface area contributed by atoms with Crippen molar-refractivity contribution in [1.82, 2.24) is 14.8 Å². The van der Waals surface area contributed by atoms with Crippen LogP contribution in [-0.4, -0.2) is 26.4 Å². The van der Waals surface area contributed by atoms with E-state index in [1.807, 2.05) is 22.8 Å². The lowest BCUT2D eigenvalue weighted by Gasteiger charge is -2.11. The first-order chi connectivity index (χ1) is 15.4. The SMILES string of the molecule is C=CCn1c(COc2ccc(C(C)C)cc2)nnc1SCC(=O)Nc1ccc(Br)cc1Cl. The van der Waals surface area contributed by atoms with E-state index in [0.717, 1.165) is 10.2 Å². The summed E-state index contributed by atoms with van der Waals surface area (Å²) < 4.78 is 8.62. The second-order valence-electron chi connectivity index (χ2n) is 7.27. The van der Waals surface area contributed by atoms with Crippen molar-refractivity contribution in [2.75, 3.05) is 11.1 Å². The highest BCUT2D eigenvalue weighted by Crippen LogP contribution is 2.26. The molecule has 0 aliphatic rings. The monoisotopic (exact) mass is 534 g/mol. The Morgan fingerprint density at radius 2 is 2.03 bits per heavy atom. The van der Waals surface area contributed by atoms with Gasteiger partial charge in [-0.1, -0.05) is 71.3 Å². The fraction of sp³-hybridized carbons (Fsp3) is 0.261. The van der Waals surface area contributed by atoms with Crippen LogP contribution >= 0.6 is 39.3 Å². The van der Waals surface area contributed by atoms with E-state index in [9.17, 15) is 4.79 Å². The Morgan fingerprint density at radius 1 is 1.28 bits per heavy atom. The van der Waals surface area contributed by atoms with Gasteiger partial charge in [-0.2, -0.15) is 0 Å². The van der Waals surface area contributed by atoms with Crippen LogP contribution < -0.4 is 10.1 Å². The van der Waals surface area contributed by atoms with E-state index in [1.165, 1.54) is 17.3 Å². The van der Waals surface area contributed by atoms with E-state index in [-0.39, 0.29) is 18.3 Å². The van der Waals surface area contributed by atoms with Gasteiger partial charge < -0.3 is 10.1 Å². The standard InChI is InChI=1S/C23H24BrClN4O2S/c1-4-11-29-21(13-31-18-8-5-16(6-9-18)15(2)3)27-28-23(29)32-14-22(30)26-20-10-7-17(24)12-19(20)25/h4-10,12,15H,1,11,13-14H2,2-3H3,(H,26,30). The van der Waals surface area contributed by atoms with Crippen LogP contribution in [0, 0.1) is 0 Å². The molecule has 0 saturated heterocycles. The molecule has 0 fully saturated rings. The normalized spacial score (nSPS) is 10.9. The molecule has 9 heteroatoms. The number of nitrogens with one attached hydrogen (secondary N) is 1. The molecule has 0 saturated carbocycles. The average molecular weight is 536 g/mol. The minimum atomic E-state index is -0.185. The number of carbonyl (C=O) groups excluding carboxylic acids is 1. The number of nitrogens with zero attached hydrogens (tertiary/aromatic N) is 3. The van der Waals surface area contributed by atoms with Crippen LogP contribution in [0.2, 0.25) is 5.02 Å². The summed E-state index contributed by atoms with van der Waals surface area (Å²) in [7, 11) is 0. The molecule has 2 aromatic carbocycles. The van der Waals surface area contributed by atoms with Crippen LogP contribution in [0.25, 0.3) is 0 Å². The topological polar surface area (TPSA) is 69.0 Å². The van der Waals surface area contributed by atoms with Crippen LogP contribution in [0.5, 0.6) is 5.75 Å². The third-order valence-corrected chi connectivity index (χ3v) is 6.33. The van der Waals surface area contributed by atoms with Crippen molar-refractivity contribution in [1.29, 1.82) is 0 Å². The molecule has 0 radical (unpaired) electrons. The third-order valence-electron chi connectivity index (χ3n) is 4.56. The van der Waals surface area contributed by atoms with Gasteiger partial charge in [-0.05, 0) is 41.8 Å². The molecule has 168 valence electrons. The van der Waals surface area contributed by atoms with Crippen LogP contribution in [0.1, 0.15) is 31.2 Å². The van der Waals surface area contributed by atoms with Crippen molar-refractivity contribution in [2.45, 2.75) is 38.1 Å². The first kappa shape index (κ1) is 24.4. The van der Waals surface area contributed by atoms with Gasteiger partial charge in [0.2, 0.25) is 5.91 Å². The number of hydrogen-bond donors (Lipinski definition) is 1. The number of benzene rings is 2. The minimum Gasteiger partial charge on any atom is -0.486 e. The maximum absolute atomic E-state index is 12.4. The lowest BCUT2D eigenvalue weighted by atomic mass is 10.0. The Bertz CT molecular complexity index is 1090. The number of carbonyl (C=O) groups is 1. The maximum atomic E-state index is 12.4. The molecular formula is C23H24BrClN4O2S. The summed E-state index contributed by atoms with van der Waals surface area (Å²) in [5.41, 5.74) is 1.82. The number of rotatable bonds is 10. The number of anilines is 1. The zero-order chi connectivity index (χ0) is 23.1. The van der Waals surface area contributed by atoms with Crippen molar-refractivity contribution in [3.63, 3.8) is 0 Å². The molecule has 3 aromatic rings. The lowest BCUT2D eigenvalue weighted by Crippen LogP contribution is -2.15. The van der Waals surface area contributed by atoms with Gasteiger partial charge in [-0.15, -0.1) is 16.8 Å². The summed E-state index contributed by atoms with van der Waals surface area (Å²) in [6, 6.07) is 13.3. The quantitative estimate of drug-likeness (QED) is 0.243. The highest BCUT2D eigenvalue weighted by Gasteiger charge is 2.15. The molecule has 32 heavy (non-hydrogen) atoms. The molecule has 0 aliphatic carbocycles. The van der Waals surface area contributed by atoms with Crippen LogP contribution in [-0.2, 0) is 17.9 Å². The number of allylic oxidation sites excluding steroid dienone is 1. The Hall–Kier alpha value is -2.29. The van der Waals surface area contributed by atoms with Gasteiger partial charge in [0.25, 0.3) is 0 Å². The summed E-state index contributed by atoms with van der Waals surface area (Å²) >= 11 is 10.8. The number of aromatic nitrogens is 3. The zero-order valence-electron chi connectivity index (χ0n) is 17.8. The number of halogens is 2. The highest BCUT2D eigenvalue weighted by atomic mass is 79.9. The second-order valence-corrected chi connectivity index (χ2v) is 9.54. The molecule has 3 rings (SSSR count). The van der Waals surface area contributed by atoms with Crippen LogP contribution in [0.3, 0.4) is 0 Å². The molecule has 6 nitrogen and oxygen atoms in total. The molecular weight excluding hydrogens is 512 g/mol. The van der Waals surface area contributed by atoms with E-state index in [0.29, 0.717) is 34.2 Å². The fourth-order valence-electron chi connectivity index (χ4n) is 2.85. The Balaban J connectivity index is 1.61. The average Bonchev–Trinajstić information content (AvgIpc) is 3.15. The summed E-state index contributed by atoms with van der Waals surface area (Å²) in [4.78, 5) is 12.4. The molecule has 1 amide bonds. The van der Waals surface area contributed by atoms with Crippen molar-refractivity contribution in [2.24, 2.45) is 0 Å². The second kappa shape index (κ2) is 11.5. The number of amides is 1. The van der Waals surface area contributed by atoms with Gasteiger partial charge in [-0.25, -0.2) is 0 Å². The Morgan fingerprint density at radius 3 is 2.69 bits per heavy atom. The molecule has 1 aromatic heterocycles. The molecule has 0 bridgehead atoms. The number of ether oxygens (including phenoxy) is 1. The first-order valence-corrected chi connectivity index (χ1v) is 12.2. The van der Waals surface area contributed by atoms with Gasteiger partial charge in [0.15, 0.2) is 11.0 Å². The predicted octanol–water partition coefficient (Wildman–Crippen LogP) is 6.31. The van der Waals surface area contributed by atoms with Crippen molar-refractivity contribution in [3.05, 3.63) is 76.0 Å². The molecule has 1 heterocycles. The Kier molecular flexibility index (Phi) is 8.78. The van der Waals surface area contributed by atoms with Gasteiger partial charge in [0.05, 0.1) is 16.5 Å².